The lowest BCUT2D eigenvalue weighted by Gasteiger charge is -2.19. The number of hydrogen-bond donors (Lipinski definition) is 1. The van der Waals surface area contributed by atoms with Crippen LogP contribution in [-0.4, -0.2) is 23.6 Å². The third-order valence-electron chi connectivity index (χ3n) is 1.93. The van der Waals surface area contributed by atoms with Crippen molar-refractivity contribution in [2.24, 2.45) is 0 Å². The van der Waals surface area contributed by atoms with Crippen LogP contribution in [0, 0.1) is 11.3 Å². The van der Waals surface area contributed by atoms with E-state index in [0.29, 0.717) is 18.1 Å². The number of thiocarbonyl (C=S) groups is 1. The van der Waals surface area contributed by atoms with Crippen LogP contribution in [0.3, 0.4) is 0 Å². The lowest BCUT2D eigenvalue weighted by Crippen LogP contribution is -2.31. The smallest absolute Gasteiger partial charge is 0.173 e. The van der Waals surface area contributed by atoms with Gasteiger partial charge in [-0.2, -0.15) is 5.26 Å². The largest absolute Gasteiger partial charge is 0.351 e. The van der Waals surface area contributed by atoms with Crippen LogP contribution >= 0.6 is 12.2 Å². The molecule has 1 aromatic rings. The summed E-state index contributed by atoms with van der Waals surface area (Å²) in [5.74, 6) is 0. The minimum Gasteiger partial charge on any atom is -0.351 e. The van der Waals surface area contributed by atoms with Crippen LogP contribution < -0.4 is 5.32 Å². The molecule has 0 bridgehead atoms. The van der Waals surface area contributed by atoms with Crippen molar-refractivity contribution in [3.05, 3.63) is 30.3 Å². The van der Waals surface area contributed by atoms with Gasteiger partial charge in [0.1, 0.15) is 0 Å². The van der Waals surface area contributed by atoms with Crippen LogP contribution in [0.15, 0.2) is 30.3 Å². The van der Waals surface area contributed by atoms with E-state index in [1.54, 1.807) is 0 Å². The summed E-state index contributed by atoms with van der Waals surface area (Å²) in [5.41, 5.74) is 0.964. The number of nitrogens with zero attached hydrogens (tertiary/aromatic N) is 2. The van der Waals surface area contributed by atoms with Crippen molar-refractivity contribution in [2.45, 2.75) is 6.42 Å². The summed E-state index contributed by atoms with van der Waals surface area (Å²) < 4.78 is 0. The van der Waals surface area contributed by atoms with E-state index in [4.69, 9.17) is 17.5 Å². The highest BCUT2D eigenvalue weighted by Gasteiger charge is 2.02. The summed E-state index contributed by atoms with van der Waals surface area (Å²) in [7, 11) is 1.87. The van der Waals surface area contributed by atoms with Gasteiger partial charge < -0.3 is 10.2 Å². The molecular formula is C11H13N3S. The van der Waals surface area contributed by atoms with Crippen LogP contribution in [0.25, 0.3) is 0 Å². The van der Waals surface area contributed by atoms with Crippen LogP contribution in [0.5, 0.6) is 0 Å². The molecule has 0 unspecified atom stereocenters. The highest BCUT2D eigenvalue weighted by atomic mass is 32.1. The molecule has 0 saturated heterocycles. The third-order valence-corrected chi connectivity index (χ3v) is 2.34. The van der Waals surface area contributed by atoms with Gasteiger partial charge in [0, 0.05) is 19.3 Å². The first-order chi connectivity index (χ1) is 7.24. The number of rotatable bonds is 3. The zero-order chi connectivity index (χ0) is 11.1. The van der Waals surface area contributed by atoms with E-state index < -0.39 is 0 Å². The van der Waals surface area contributed by atoms with Crippen LogP contribution in [0.1, 0.15) is 6.42 Å². The van der Waals surface area contributed by atoms with Gasteiger partial charge in [-0.3, -0.25) is 0 Å². The average Bonchev–Trinajstić information content (AvgIpc) is 2.27. The minimum absolute atomic E-state index is 0.479. The molecule has 0 amide bonds. The van der Waals surface area contributed by atoms with Crippen molar-refractivity contribution in [3.8, 4) is 6.07 Å². The van der Waals surface area contributed by atoms with E-state index in [1.807, 2.05) is 42.3 Å². The van der Waals surface area contributed by atoms with Gasteiger partial charge in [0.25, 0.3) is 0 Å². The van der Waals surface area contributed by atoms with E-state index in [0.717, 1.165) is 5.69 Å². The number of para-hydroxylation sites is 1. The fourth-order valence-corrected chi connectivity index (χ4v) is 1.27. The zero-order valence-corrected chi connectivity index (χ0v) is 9.42. The second-order valence-electron chi connectivity index (χ2n) is 3.13. The average molecular weight is 219 g/mol. The molecule has 0 aliphatic heterocycles. The number of benzene rings is 1. The predicted octanol–water partition coefficient (Wildman–Crippen LogP) is 2.23. The predicted molar refractivity (Wildman–Crippen MR) is 65.5 cm³/mol. The number of hydrogen-bond acceptors (Lipinski definition) is 2. The van der Waals surface area contributed by atoms with Crippen molar-refractivity contribution < 1.29 is 0 Å². The first kappa shape index (κ1) is 11.5. The molecule has 0 aliphatic carbocycles. The molecule has 4 heteroatoms. The second-order valence-corrected chi connectivity index (χ2v) is 3.51. The van der Waals surface area contributed by atoms with Gasteiger partial charge in [-0.1, -0.05) is 18.2 Å². The Hall–Kier alpha value is -1.60. The van der Waals surface area contributed by atoms with Gasteiger partial charge in [0.2, 0.25) is 0 Å². The molecule has 0 radical (unpaired) electrons. The Kier molecular flexibility index (Phi) is 4.58. The Morgan fingerprint density at radius 2 is 2.13 bits per heavy atom. The summed E-state index contributed by atoms with van der Waals surface area (Å²) in [6.45, 7) is 0.648. The fraction of sp³-hybridized carbons (Fsp3) is 0.273. The van der Waals surface area contributed by atoms with E-state index in [1.165, 1.54) is 0 Å². The standard InChI is InChI=1S/C11H13N3S/c1-14(9-5-8-12)11(15)13-10-6-3-2-4-7-10/h2-4,6-7H,5,9H2,1H3,(H,13,15). The summed E-state index contributed by atoms with van der Waals surface area (Å²) in [6, 6.07) is 11.8. The quantitative estimate of drug-likeness (QED) is 0.791. The molecular weight excluding hydrogens is 206 g/mol. The van der Waals surface area contributed by atoms with Gasteiger partial charge in [-0.05, 0) is 24.4 Å². The summed E-state index contributed by atoms with van der Waals surface area (Å²) >= 11 is 5.18. The normalized spacial score (nSPS) is 9.07. The molecule has 15 heavy (non-hydrogen) atoms. The Labute approximate surface area is 95.3 Å². The molecule has 0 atom stereocenters. The summed E-state index contributed by atoms with van der Waals surface area (Å²) in [6.07, 6.45) is 0.479. The molecule has 0 aliphatic rings. The van der Waals surface area contributed by atoms with Crippen molar-refractivity contribution in [1.29, 1.82) is 5.26 Å². The van der Waals surface area contributed by atoms with Gasteiger partial charge in [-0.15, -0.1) is 0 Å². The Morgan fingerprint density at radius 1 is 1.47 bits per heavy atom. The molecule has 0 fully saturated rings. The number of nitrogens with one attached hydrogen (secondary N) is 1. The summed E-state index contributed by atoms with van der Waals surface area (Å²) in [4.78, 5) is 1.85. The first-order valence-corrected chi connectivity index (χ1v) is 5.09. The number of anilines is 1. The molecule has 3 nitrogen and oxygen atoms in total. The molecule has 0 aromatic heterocycles. The van der Waals surface area contributed by atoms with Gasteiger partial charge in [-0.25, -0.2) is 0 Å². The lowest BCUT2D eigenvalue weighted by molar-refractivity contribution is 0.523. The maximum Gasteiger partial charge on any atom is 0.173 e. The fourth-order valence-electron chi connectivity index (χ4n) is 1.06. The molecule has 1 aromatic carbocycles. The van der Waals surface area contributed by atoms with Gasteiger partial charge >= 0.3 is 0 Å². The third kappa shape index (κ3) is 3.96. The van der Waals surface area contributed by atoms with Crippen LogP contribution in [0.4, 0.5) is 5.69 Å². The lowest BCUT2D eigenvalue weighted by atomic mass is 10.3. The molecule has 1 rings (SSSR count). The van der Waals surface area contributed by atoms with Crippen molar-refractivity contribution in [3.63, 3.8) is 0 Å². The first-order valence-electron chi connectivity index (χ1n) is 4.68. The molecule has 0 heterocycles. The van der Waals surface area contributed by atoms with E-state index in [9.17, 15) is 0 Å². The van der Waals surface area contributed by atoms with Gasteiger partial charge in [0.15, 0.2) is 5.11 Å². The van der Waals surface area contributed by atoms with Crippen LogP contribution in [-0.2, 0) is 0 Å². The van der Waals surface area contributed by atoms with Gasteiger partial charge in [0.05, 0.1) is 12.5 Å². The molecule has 78 valence electrons. The Bertz CT molecular complexity index is 356. The number of nitriles is 1. The Balaban J connectivity index is 2.46. The highest BCUT2D eigenvalue weighted by Crippen LogP contribution is 2.06. The van der Waals surface area contributed by atoms with Crippen LogP contribution in [0.2, 0.25) is 0 Å². The summed E-state index contributed by atoms with van der Waals surface area (Å²) in [5, 5.41) is 12.2. The van der Waals surface area contributed by atoms with Crippen molar-refractivity contribution in [1.82, 2.24) is 4.90 Å². The molecule has 0 saturated carbocycles. The van der Waals surface area contributed by atoms with E-state index >= 15 is 0 Å². The van der Waals surface area contributed by atoms with E-state index in [2.05, 4.69) is 11.4 Å². The minimum atomic E-state index is 0.479. The maximum absolute atomic E-state index is 8.45. The molecule has 1 N–H and O–H groups in total. The Morgan fingerprint density at radius 3 is 2.73 bits per heavy atom. The topological polar surface area (TPSA) is 39.1 Å². The maximum atomic E-state index is 8.45. The molecule has 0 spiro atoms. The highest BCUT2D eigenvalue weighted by molar-refractivity contribution is 7.80. The van der Waals surface area contributed by atoms with Crippen molar-refractivity contribution >= 4 is 23.0 Å². The SMILES string of the molecule is CN(CCC#N)C(=S)Nc1ccccc1. The van der Waals surface area contributed by atoms with Crippen molar-refractivity contribution in [2.75, 3.05) is 18.9 Å². The van der Waals surface area contributed by atoms with E-state index in [-0.39, 0.29) is 0 Å². The monoisotopic (exact) mass is 219 g/mol. The zero-order valence-electron chi connectivity index (χ0n) is 8.60. The second kappa shape index (κ2) is 5.99.